The first-order valence-electron chi connectivity index (χ1n) is 14.7. The Morgan fingerprint density at radius 3 is 2.13 bits per heavy atom. The molecule has 8 nitrogen and oxygen atoms in total. The number of rotatable bonds is 7. The largest absolute Gasteiger partial charge is 0.338 e. The Hall–Kier alpha value is -3.00. The lowest BCUT2D eigenvalue weighted by Gasteiger charge is -2.37. The van der Waals surface area contributed by atoms with Crippen molar-refractivity contribution in [2.24, 2.45) is 17.8 Å². The second kappa shape index (κ2) is 12.0. The molecule has 0 radical (unpaired) electrons. The third-order valence-electron chi connectivity index (χ3n) is 9.08. The number of carbonyl (C=O) groups excluding carboxylic acids is 2. The normalized spacial score (nSPS) is 22.8. The summed E-state index contributed by atoms with van der Waals surface area (Å²) in [5.74, 6) is 2.26. The zero-order valence-corrected chi connectivity index (χ0v) is 24.0. The van der Waals surface area contributed by atoms with Crippen molar-refractivity contribution in [2.75, 3.05) is 45.8 Å². The summed E-state index contributed by atoms with van der Waals surface area (Å²) >= 11 is 0. The Kier molecular flexibility index (Phi) is 8.50. The van der Waals surface area contributed by atoms with Crippen LogP contribution in [0.25, 0.3) is 0 Å². The van der Waals surface area contributed by atoms with E-state index in [-0.39, 0.29) is 18.0 Å². The quantitative estimate of drug-likeness (QED) is 0.581. The molecule has 3 unspecified atom stereocenters. The minimum absolute atomic E-state index is 0.0703. The highest BCUT2D eigenvalue weighted by Gasteiger charge is 2.42. The topological polar surface area (TPSA) is 81.7 Å². The number of fused-ring (bicyclic) bond motifs is 1. The van der Waals surface area contributed by atoms with Crippen LogP contribution in [0.15, 0.2) is 36.7 Å². The van der Waals surface area contributed by atoms with Crippen LogP contribution in [0.5, 0.6) is 0 Å². The SMILES string of the molecule is Cc1ncnc(C)c1C(=O)N1CC2CN(CCC(c3ccccc3)C3CCN(C(=O)NC(C)C)CC3)CC2C1. The molecule has 3 amide bonds. The maximum absolute atomic E-state index is 13.3. The van der Waals surface area contributed by atoms with E-state index in [4.69, 9.17) is 0 Å². The van der Waals surface area contributed by atoms with Crippen LogP contribution in [0.3, 0.4) is 0 Å². The van der Waals surface area contributed by atoms with E-state index in [0.717, 1.165) is 76.5 Å². The summed E-state index contributed by atoms with van der Waals surface area (Å²) in [5, 5.41) is 3.04. The van der Waals surface area contributed by atoms with E-state index in [1.54, 1.807) is 0 Å². The molecule has 4 heterocycles. The molecule has 0 spiro atoms. The summed E-state index contributed by atoms with van der Waals surface area (Å²) in [7, 11) is 0. The van der Waals surface area contributed by atoms with Crippen LogP contribution >= 0.6 is 0 Å². The summed E-state index contributed by atoms with van der Waals surface area (Å²) in [4.78, 5) is 40.9. The zero-order chi connectivity index (χ0) is 27.5. The maximum atomic E-state index is 13.3. The molecule has 0 bridgehead atoms. The number of aromatic nitrogens is 2. The lowest BCUT2D eigenvalue weighted by atomic mass is 9.78. The van der Waals surface area contributed by atoms with Crippen molar-refractivity contribution in [3.05, 3.63) is 59.2 Å². The number of hydrogen-bond acceptors (Lipinski definition) is 5. The first-order chi connectivity index (χ1) is 18.8. The van der Waals surface area contributed by atoms with Crippen LogP contribution in [-0.2, 0) is 0 Å². The average molecular weight is 533 g/mol. The Morgan fingerprint density at radius 1 is 0.923 bits per heavy atom. The Balaban J connectivity index is 1.16. The number of hydrogen-bond donors (Lipinski definition) is 1. The van der Waals surface area contributed by atoms with Crippen LogP contribution in [0.1, 0.15) is 66.3 Å². The average Bonchev–Trinajstić information content (AvgIpc) is 3.48. The molecule has 8 heteroatoms. The van der Waals surface area contributed by atoms with Crippen molar-refractivity contribution in [3.63, 3.8) is 0 Å². The van der Waals surface area contributed by atoms with Gasteiger partial charge in [-0.3, -0.25) is 4.79 Å². The van der Waals surface area contributed by atoms with Crippen LogP contribution in [-0.4, -0.2) is 88.5 Å². The molecule has 39 heavy (non-hydrogen) atoms. The molecular formula is C31H44N6O2. The number of nitrogens with one attached hydrogen (secondary N) is 1. The first-order valence-corrected chi connectivity index (χ1v) is 14.7. The van der Waals surface area contributed by atoms with Crippen molar-refractivity contribution in [1.82, 2.24) is 30.0 Å². The molecule has 1 N–H and O–H groups in total. The fourth-order valence-electron chi connectivity index (χ4n) is 7.04. The van der Waals surface area contributed by atoms with Crippen molar-refractivity contribution in [3.8, 4) is 0 Å². The van der Waals surface area contributed by atoms with Gasteiger partial charge in [0.05, 0.1) is 17.0 Å². The number of urea groups is 1. The van der Waals surface area contributed by atoms with Gasteiger partial charge in [-0.2, -0.15) is 0 Å². The van der Waals surface area contributed by atoms with Crippen LogP contribution in [0.2, 0.25) is 0 Å². The number of benzene rings is 1. The molecule has 210 valence electrons. The molecule has 3 saturated heterocycles. The van der Waals surface area contributed by atoms with Crippen LogP contribution in [0, 0.1) is 31.6 Å². The lowest BCUT2D eigenvalue weighted by Crippen LogP contribution is -2.47. The van der Waals surface area contributed by atoms with E-state index >= 15 is 0 Å². The van der Waals surface area contributed by atoms with E-state index in [2.05, 4.69) is 50.5 Å². The molecular weight excluding hydrogens is 488 g/mol. The Labute approximate surface area is 233 Å². The minimum atomic E-state index is 0.0703. The van der Waals surface area contributed by atoms with Crippen molar-refractivity contribution < 1.29 is 9.59 Å². The van der Waals surface area contributed by atoms with Gasteiger partial charge in [0.1, 0.15) is 6.33 Å². The van der Waals surface area contributed by atoms with Gasteiger partial charge in [0.2, 0.25) is 0 Å². The molecule has 1 aromatic heterocycles. The molecule has 3 aliphatic rings. The molecule has 3 aliphatic heterocycles. The Bertz CT molecular complexity index is 1110. The van der Waals surface area contributed by atoms with Crippen molar-refractivity contribution in [2.45, 2.75) is 58.9 Å². The molecule has 5 rings (SSSR count). The Morgan fingerprint density at radius 2 is 1.54 bits per heavy atom. The zero-order valence-electron chi connectivity index (χ0n) is 24.0. The van der Waals surface area contributed by atoms with Gasteiger partial charge >= 0.3 is 6.03 Å². The summed E-state index contributed by atoms with van der Waals surface area (Å²) in [6, 6.07) is 11.2. The highest BCUT2D eigenvalue weighted by Crippen LogP contribution is 2.37. The van der Waals surface area contributed by atoms with Gasteiger partial charge < -0.3 is 20.0 Å². The number of aryl methyl sites for hydroxylation is 2. The fraction of sp³-hybridized carbons (Fsp3) is 0.613. The van der Waals surface area contributed by atoms with Crippen LogP contribution in [0.4, 0.5) is 4.79 Å². The molecule has 2 aromatic rings. The summed E-state index contributed by atoms with van der Waals surface area (Å²) in [6.07, 6.45) is 4.77. The highest BCUT2D eigenvalue weighted by molar-refractivity contribution is 5.96. The van der Waals surface area contributed by atoms with Gasteiger partial charge in [0.25, 0.3) is 5.91 Å². The molecule has 0 saturated carbocycles. The van der Waals surface area contributed by atoms with Crippen LogP contribution < -0.4 is 5.32 Å². The second-order valence-electron chi connectivity index (χ2n) is 12.1. The van der Waals surface area contributed by atoms with E-state index in [0.29, 0.717) is 29.2 Å². The molecule has 3 fully saturated rings. The predicted molar refractivity (Wildman–Crippen MR) is 153 cm³/mol. The van der Waals surface area contributed by atoms with Gasteiger partial charge in [-0.1, -0.05) is 30.3 Å². The minimum Gasteiger partial charge on any atom is -0.338 e. The number of piperidine rings is 1. The van der Waals surface area contributed by atoms with Gasteiger partial charge in [0, 0.05) is 45.3 Å². The third kappa shape index (κ3) is 6.26. The maximum Gasteiger partial charge on any atom is 0.317 e. The smallest absolute Gasteiger partial charge is 0.317 e. The standard InChI is InChI=1S/C31H44N6O2/c1-21(2)34-31(39)36-14-10-25(11-15-36)28(24-8-6-5-7-9-24)12-13-35-16-26-18-37(19-27(26)17-35)30(38)29-22(3)32-20-33-23(29)4/h5-9,20-21,25-28H,10-19H2,1-4H3,(H,34,39). The number of likely N-dealkylation sites (tertiary alicyclic amines) is 3. The van der Waals surface area contributed by atoms with E-state index < -0.39 is 0 Å². The molecule has 0 aliphatic carbocycles. The van der Waals surface area contributed by atoms with E-state index in [9.17, 15) is 9.59 Å². The van der Waals surface area contributed by atoms with Gasteiger partial charge in [-0.05, 0) is 82.7 Å². The monoisotopic (exact) mass is 532 g/mol. The van der Waals surface area contributed by atoms with Crippen molar-refractivity contribution in [1.29, 1.82) is 0 Å². The first kappa shape index (κ1) is 27.6. The van der Waals surface area contributed by atoms with Gasteiger partial charge in [0.15, 0.2) is 0 Å². The molecule has 3 atom stereocenters. The lowest BCUT2D eigenvalue weighted by molar-refractivity contribution is 0.0770. The van der Waals surface area contributed by atoms with E-state index in [1.807, 2.05) is 37.5 Å². The van der Waals surface area contributed by atoms with Gasteiger partial charge in [-0.25, -0.2) is 14.8 Å². The molecule has 1 aromatic carbocycles. The highest BCUT2D eigenvalue weighted by atomic mass is 16.2. The fourth-order valence-corrected chi connectivity index (χ4v) is 7.04. The number of nitrogens with zero attached hydrogens (tertiary/aromatic N) is 5. The van der Waals surface area contributed by atoms with Gasteiger partial charge in [-0.15, -0.1) is 0 Å². The number of amides is 3. The number of carbonyl (C=O) groups is 2. The third-order valence-corrected chi connectivity index (χ3v) is 9.08. The summed E-state index contributed by atoms with van der Waals surface area (Å²) in [6.45, 7) is 14.3. The summed E-state index contributed by atoms with van der Waals surface area (Å²) < 4.78 is 0. The summed E-state index contributed by atoms with van der Waals surface area (Å²) in [5.41, 5.74) is 3.64. The second-order valence-corrected chi connectivity index (χ2v) is 12.1. The van der Waals surface area contributed by atoms with Crippen molar-refractivity contribution >= 4 is 11.9 Å². The van der Waals surface area contributed by atoms with E-state index in [1.165, 1.54) is 11.9 Å². The predicted octanol–water partition coefficient (Wildman–Crippen LogP) is 4.10.